The Hall–Kier alpha value is -1.55. The largest absolute Gasteiger partial charge is 0.390 e. The molecule has 0 radical (unpaired) electrons. The van der Waals surface area contributed by atoms with E-state index >= 15 is 0 Å². The molecule has 104 valence electrons. The van der Waals surface area contributed by atoms with Crippen LogP contribution in [0.3, 0.4) is 0 Å². The summed E-state index contributed by atoms with van der Waals surface area (Å²) in [5.41, 5.74) is 1.74. The van der Waals surface area contributed by atoms with E-state index in [1.807, 2.05) is 35.8 Å². The molecule has 0 aliphatic rings. The van der Waals surface area contributed by atoms with Crippen LogP contribution in [0, 0.1) is 5.92 Å². The Kier molecular flexibility index (Phi) is 4.10. The van der Waals surface area contributed by atoms with Crippen molar-refractivity contribution in [2.24, 2.45) is 5.92 Å². The fourth-order valence-electron chi connectivity index (χ4n) is 2.51. The predicted octanol–water partition coefficient (Wildman–Crippen LogP) is 2.70. The minimum absolute atomic E-state index is 0.000742. The second-order valence-corrected chi connectivity index (χ2v) is 5.56. The fourth-order valence-corrected chi connectivity index (χ4v) is 2.51. The highest BCUT2D eigenvalue weighted by Gasteiger charge is 2.19. The maximum Gasteiger partial charge on any atom is 0.153 e. The van der Waals surface area contributed by atoms with E-state index in [1.54, 1.807) is 0 Å². The van der Waals surface area contributed by atoms with Crippen molar-refractivity contribution in [1.29, 1.82) is 0 Å². The number of rotatable bonds is 5. The molecule has 19 heavy (non-hydrogen) atoms. The summed E-state index contributed by atoms with van der Waals surface area (Å²) in [5, 5.41) is 9.63. The molecule has 0 fully saturated rings. The zero-order chi connectivity index (χ0) is 14.0. The Labute approximate surface area is 114 Å². The van der Waals surface area contributed by atoms with Gasteiger partial charge in [-0.15, -0.1) is 0 Å². The molecule has 1 N–H and O–H groups in total. The summed E-state index contributed by atoms with van der Waals surface area (Å²) in [6, 6.07) is 6.28. The van der Waals surface area contributed by atoms with Crippen LogP contribution in [0.2, 0.25) is 0 Å². The zero-order valence-electron chi connectivity index (χ0n) is 12.2. The molecule has 2 heterocycles. The summed E-state index contributed by atoms with van der Waals surface area (Å²) in [6.07, 6.45) is 3.05. The van der Waals surface area contributed by atoms with Gasteiger partial charge in [-0.05, 0) is 31.4 Å². The minimum atomic E-state index is -0.000742. The average Bonchev–Trinajstić information content (AvgIpc) is 2.75. The molecule has 0 bridgehead atoms. The molecule has 0 saturated carbocycles. The lowest BCUT2D eigenvalue weighted by Crippen LogP contribution is -2.31. The molecule has 0 amide bonds. The van der Waals surface area contributed by atoms with E-state index in [2.05, 4.69) is 30.7 Å². The Morgan fingerprint density at radius 1 is 1.32 bits per heavy atom. The van der Waals surface area contributed by atoms with Crippen LogP contribution in [0.25, 0.3) is 5.65 Å². The number of imidazole rings is 1. The van der Waals surface area contributed by atoms with Crippen LogP contribution < -0.4 is 4.90 Å². The van der Waals surface area contributed by atoms with Crippen molar-refractivity contribution in [3.8, 4) is 0 Å². The van der Waals surface area contributed by atoms with E-state index in [0.29, 0.717) is 12.0 Å². The van der Waals surface area contributed by atoms with Crippen molar-refractivity contribution in [2.45, 2.75) is 39.8 Å². The van der Waals surface area contributed by atoms with Gasteiger partial charge in [-0.25, -0.2) is 4.98 Å². The fraction of sp³-hybridized carbons (Fsp3) is 0.533. The van der Waals surface area contributed by atoms with Crippen LogP contribution in [0.15, 0.2) is 24.4 Å². The monoisotopic (exact) mass is 261 g/mol. The van der Waals surface area contributed by atoms with E-state index in [0.717, 1.165) is 23.6 Å². The maximum atomic E-state index is 9.63. The Balaban J connectivity index is 2.38. The molecule has 0 aliphatic heterocycles. The third kappa shape index (κ3) is 2.73. The van der Waals surface area contributed by atoms with Crippen molar-refractivity contribution >= 4 is 11.5 Å². The van der Waals surface area contributed by atoms with E-state index in [4.69, 9.17) is 0 Å². The number of aliphatic hydroxyl groups is 1. The summed E-state index contributed by atoms with van der Waals surface area (Å²) in [6.45, 7) is 6.65. The maximum absolute atomic E-state index is 9.63. The first-order valence-corrected chi connectivity index (χ1v) is 6.84. The van der Waals surface area contributed by atoms with E-state index < -0.39 is 0 Å². The van der Waals surface area contributed by atoms with Gasteiger partial charge in [0.25, 0.3) is 0 Å². The highest BCUT2D eigenvalue weighted by atomic mass is 16.3. The van der Waals surface area contributed by atoms with Crippen LogP contribution in [-0.4, -0.2) is 27.6 Å². The Morgan fingerprint density at radius 2 is 2.05 bits per heavy atom. The molecule has 1 unspecified atom stereocenters. The van der Waals surface area contributed by atoms with Gasteiger partial charge in [0.05, 0.1) is 12.3 Å². The van der Waals surface area contributed by atoms with Crippen molar-refractivity contribution in [1.82, 2.24) is 9.38 Å². The number of aromatic nitrogens is 2. The van der Waals surface area contributed by atoms with E-state index in [-0.39, 0.29) is 6.61 Å². The SMILES string of the molecule is CC(C)CC(C)N(C)c1nc2ccccn2c1CO. The van der Waals surface area contributed by atoms with Gasteiger partial charge in [-0.2, -0.15) is 0 Å². The van der Waals surface area contributed by atoms with Crippen LogP contribution in [0.5, 0.6) is 0 Å². The van der Waals surface area contributed by atoms with Gasteiger partial charge in [0.2, 0.25) is 0 Å². The highest BCUT2D eigenvalue weighted by Crippen LogP contribution is 2.24. The molecule has 0 aliphatic carbocycles. The Bertz CT molecular complexity index is 547. The number of hydrogen-bond acceptors (Lipinski definition) is 3. The Morgan fingerprint density at radius 3 is 2.68 bits per heavy atom. The smallest absolute Gasteiger partial charge is 0.153 e. The van der Waals surface area contributed by atoms with Gasteiger partial charge in [0, 0.05) is 19.3 Å². The van der Waals surface area contributed by atoms with Crippen LogP contribution in [0.4, 0.5) is 5.82 Å². The summed E-state index contributed by atoms with van der Waals surface area (Å²) < 4.78 is 1.95. The molecule has 0 saturated heterocycles. The molecule has 2 rings (SSSR count). The first-order chi connectivity index (χ1) is 9.04. The molecular formula is C15H23N3O. The van der Waals surface area contributed by atoms with Crippen LogP contribution in [0.1, 0.15) is 32.9 Å². The molecule has 0 spiro atoms. The van der Waals surface area contributed by atoms with Crippen molar-refractivity contribution < 1.29 is 5.11 Å². The van der Waals surface area contributed by atoms with Gasteiger partial charge in [0.15, 0.2) is 5.82 Å². The van der Waals surface area contributed by atoms with Crippen LogP contribution in [-0.2, 0) is 6.61 Å². The average molecular weight is 261 g/mol. The van der Waals surface area contributed by atoms with E-state index in [9.17, 15) is 5.11 Å². The minimum Gasteiger partial charge on any atom is -0.390 e. The van der Waals surface area contributed by atoms with E-state index in [1.165, 1.54) is 0 Å². The standard InChI is InChI=1S/C15H23N3O/c1-11(2)9-12(3)17(4)15-13(10-19)18-8-6-5-7-14(18)16-15/h5-8,11-12,19H,9-10H2,1-4H3. The van der Waals surface area contributed by atoms with Crippen molar-refractivity contribution in [2.75, 3.05) is 11.9 Å². The second kappa shape index (κ2) is 5.61. The molecule has 4 heteroatoms. The molecule has 2 aromatic rings. The first-order valence-electron chi connectivity index (χ1n) is 6.84. The molecule has 2 aromatic heterocycles. The molecule has 0 aromatic carbocycles. The van der Waals surface area contributed by atoms with Crippen molar-refractivity contribution in [3.05, 3.63) is 30.1 Å². The molecular weight excluding hydrogens is 238 g/mol. The second-order valence-electron chi connectivity index (χ2n) is 5.56. The third-order valence-corrected chi connectivity index (χ3v) is 3.57. The third-order valence-electron chi connectivity index (χ3n) is 3.57. The molecule has 4 nitrogen and oxygen atoms in total. The lowest BCUT2D eigenvalue weighted by Gasteiger charge is -2.27. The van der Waals surface area contributed by atoms with Crippen LogP contribution >= 0.6 is 0 Å². The first kappa shape index (κ1) is 13.9. The predicted molar refractivity (Wildman–Crippen MR) is 78.4 cm³/mol. The number of anilines is 1. The van der Waals surface area contributed by atoms with Gasteiger partial charge in [-0.1, -0.05) is 19.9 Å². The number of nitrogens with zero attached hydrogens (tertiary/aromatic N) is 3. The number of aliphatic hydroxyl groups excluding tert-OH is 1. The zero-order valence-corrected chi connectivity index (χ0v) is 12.2. The normalized spacial score (nSPS) is 13.2. The van der Waals surface area contributed by atoms with Crippen molar-refractivity contribution in [3.63, 3.8) is 0 Å². The summed E-state index contributed by atoms with van der Waals surface area (Å²) in [4.78, 5) is 6.81. The number of pyridine rings is 1. The topological polar surface area (TPSA) is 40.8 Å². The highest BCUT2D eigenvalue weighted by molar-refractivity contribution is 5.55. The van der Waals surface area contributed by atoms with Gasteiger partial charge in [0.1, 0.15) is 5.65 Å². The van der Waals surface area contributed by atoms with Gasteiger partial charge < -0.3 is 10.0 Å². The summed E-state index contributed by atoms with van der Waals surface area (Å²) >= 11 is 0. The quantitative estimate of drug-likeness (QED) is 0.899. The summed E-state index contributed by atoms with van der Waals surface area (Å²) in [5.74, 6) is 1.52. The lowest BCUT2D eigenvalue weighted by atomic mass is 10.0. The summed E-state index contributed by atoms with van der Waals surface area (Å²) in [7, 11) is 2.05. The van der Waals surface area contributed by atoms with Gasteiger partial charge in [-0.3, -0.25) is 4.40 Å². The lowest BCUT2D eigenvalue weighted by molar-refractivity contribution is 0.276. The molecule has 1 atom stereocenters. The number of fused-ring (bicyclic) bond motifs is 1. The number of hydrogen-bond donors (Lipinski definition) is 1. The van der Waals surface area contributed by atoms with Gasteiger partial charge >= 0.3 is 0 Å².